The topological polar surface area (TPSA) is 135 Å². The third-order valence-corrected chi connectivity index (χ3v) is 3.96. The fourth-order valence-corrected chi connectivity index (χ4v) is 2.68. The van der Waals surface area contributed by atoms with Crippen LogP contribution in [-0.2, 0) is 4.74 Å². The number of hydrogen-bond donors (Lipinski definition) is 6. The number of anilines is 1. The van der Waals surface area contributed by atoms with Crippen molar-refractivity contribution < 1.29 is 25.2 Å². The summed E-state index contributed by atoms with van der Waals surface area (Å²) in [5, 5.41) is 42.7. The maximum atomic E-state index is 11.4. The van der Waals surface area contributed by atoms with Gasteiger partial charge in [0.2, 0.25) is 5.56 Å². The van der Waals surface area contributed by atoms with Crippen molar-refractivity contribution in [2.45, 2.75) is 30.6 Å². The molecule has 2 aromatic rings. The quantitative estimate of drug-likeness (QED) is 0.415. The first-order chi connectivity index (χ1) is 11.0. The van der Waals surface area contributed by atoms with Crippen LogP contribution in [0.3, 0.4) is 0 Å². The fraction of sp³-hybridized carbons (Fsp3) is 0.400. The molecule has 1 aliphatic rings. The van der Waals surface area contributed by atoms with Crippen LogP contribution in [0.5, 0.6) is 0 Å². The first kappa shape index (κ1) is 15.9. The first-order valence-electron chi connectivity index (χ1n) is 7.20. The van der Waals surface area contributed by atoms with E-state index in [0.29, 0.717) is 11.2 Å². The van der Waals surface area contributed by atoms with E-state index in [1.54, 1.807) is 24.3 Å². The second-order valence-electron chi connectivity index (χ2n) is 5.52. The minimum atomic E-state index is -1.41. The lowest BCUT2D eigenvalue weighted by molar-refractivity contribution is -0.245. The Morgan fingerprint density at radius 2 is 1.87 bits per heavy atom. The van der Waals surface area contributed by atoms with Crippen molar-refractivity contribution in [2.75, 3.05) is 11.9 Å². The number of pyridine rings is 1. The van der Waals surface area contributed by atoms with E-state index in [0.717, 1.165) is 5.39 Å². The number of ether oxygens (including phenoxy) is 1. The molecular formula is C15H18N2O6. The second kappa shape index (κ2) is 6.26. The molecule has 1 aromatic carbocycles. The lowest BCUT2D eigenvalue weighted by Crippen LogP contribution is -2.61. The summed E-state index contributed by atoms with van der Waals surface area (Å²) in [7, 11) is 0. The summed E-state index contributed by atoms with van der Waals surface area (Å²) in [6.07, 6.45) is -5.12. The Labute approximate surface area is 131 Å². The molecular weight excluding hydrogens is 304 g/mol. The van der Waals surface area contributed by atoms with E-state index in [1.165, 1.54) is 6.07 Å². The standard InChI is InChI=1S/C15H18N2O6/c18-6-10-13(20)14(21)12(15(22)23-10)16-8-3-1-7-2-4-11(19)17-9(7)5-8/h1-5,10,12-16,18,20-22H,6H2,(H,17,19)/t10?,12?,13-,14-,15-/m0/s1. The predicted molar refractivity (Wildman–Crippen MR) is 82.0 cm³/mol. The Morgan fingerprint density at radius 1 is 1.13 bits per heavy atom. The number of fused-ring (bicyclic) bond motifs is 1. The van der Waals surface area contributed by atoms with Crippen LogP contribution in [0.2, 0.25) is 0 Å². The number of aromatic nitrogens is 1. The van der Waals surface area contributed by atoms with Crippen molar-refractivity contribution in [1.29, 1.82) is 0 Å². The lowest BCUT2D eigenvalue weighted by atomic mass is 9.97. The largest absolute Gasteiger partial charge is 0.394 e. The van der Waals surface area contributed by atoms with Crippen molar-refractivity contribution in [3.63, 3.8) is 0 Å². The number of benzene rings is 1. The summed E-state index contributed by atoms with van der Waals surface area (Å²) in [5.74, 6) is 0. The minimum Gasteiger partial charge on any atom is -0.394 e. The van der Waals surface area contributed by atoms with Gasteiger partial charge in [-0.1, -0.05) is 6.07 Å². The number of aliphatic hydroxyl groups excluding tert-OH is 4. The molecule has 2 heterocycles. The van der Waals surface area contributed by atoms with Gasteiger partial charge in [-0.3, -0.25) is 4.79 Å². The Kier molecular flexibility index (Phi) is 4.33. The van der Waals surface area contributed by atoms with Gasteiger partial charge in [0.25, 0.3) is 0 Å². The number of nitrogens with one attached hydrogen (secondary N) is 2. The number of rotatable bonds is 3. The predicted octanol–water partition coefficient (Wildman–Crippen LogP) is -1.26. The number of aliphatic hydroxyl groups is 4. The van der Waals surface area contributed by atoms with E-state index in [2.05, 4.69) is 10.3 Å². The third-order valence-electron chi connectivity index (χ3n) is 3.96. The van der Waals surface area contributed by atoms with Gasteiger partial charge < -0.3 is 35.5 Å². The van der Waals surface area contributed by atoms with Crippen molar-refractivity contribution in [1.82, 2.24) is 4.98 Å². The zero-order chi connectivity index (χ0) is 16.6. The minimum absolute atomic E-state index is 0.239. The van der Waals surface area contributed by atoms with E-state index in [9.17, 15) is 20.1 Å². The molecule has 1 fully saturated rings. The lowest BCUT2D eigenvalue weighted by Gasteiger charge is -2.40. The maximum Gasteiger partial charge on any atom is 0.248 e. The first-order valence-corrected chi connectivity index (χ1v) is 7.20. The summed E-state index contributed by atoms with van der Waals surface area (Å²) in [5.41, 5.74) is 0.884. The molecule has 0 aliphatic carbocycles. The van der Waals surface area contributed by atoms with E-state index in [-0.39, 0.29) is 5.56 Å². The van der Waals surface area contributed by atoms with Crippen molar-refractivity contribution in [3.8, 4) is 0 Å². The average molecular weight is 322 g/mol. The number of aromatic amines is 1. The van der Waals surface area contributed by atoms with Gasteiger partial charge in [0.1, 0.15) is 24.4 Å². The third kappa shape index (κ3) is 3.07. The molecule has 23 heavy (non-hydrogen) atoms. The molecule has 0 saturated carbocycles. The Hall–Kier alpha value is -1.97. The van der Waals surface area contributed by atoms with E-state index in [1.807, 2.05) is 0 Å². The highest BCUT2D eigenvalue weighted by Crippen LogP contribution is 2.24. The molecule has 1 saturated heterocycles. The average Bonchev–Trinajstić information content (AvgIpc) is 2.54. The van der Waals surface area contributed by atoms with Crippen LogP contribution in [0.15, 0.2) is 35.1 Å². The Bertz CT molecular complexity index is 748. The van der Waals surface area contributed by atoms with Gasteiger partial charge in [-0.05, 0) is 23.6 Å². The fourth-order valence-electron chi connectivity index (χ4n) is 2.68. The Morgan fingerprint density at radius 3 is 2.61 bits per heavy atom. The summed E-state index contributed by atoms with van der Waals surface area (Å²) in [6, 6.07) is 7.25. The molecule has 2 unspecified atom stereocenters. The highest BCUT2D eigenvalue weighted by Gasteiger charge is 2.43. The summed E-state index contributed by atoms with van der Waals surface area (Å²) >= 11 is 0. The molecule has 124 valence electrons. The molecule has 0 spiro atoms. The van der Waals surface area contributed by atoms with Gasteiger partial charge in [0.05, 0.1) is 12.1 Å². The van der Waals surface area contributed by atoms with Crippen molar-refractivity contribution in [3.05, 3.63) is 40.7 Å². The van der Waals surface area contributed by atoms with Crippen LogP contribution in [0.1, 0.15) is 0 Å². The molecule has 3 rings (SSSR count). The molecule has 0 amide bonds. The highest BCUT2D eigenvalue weighted by atomic mass is 16.6. The van der Waals surface area contributed by atoms with Crippen LogP contribution < -0.4 is 10.9 Å². The van der Waals surface area contributed by atoms with Gasteiger partial charge in [0.15, 0.2) is 6.29 Å². The molecule has 8 nitrogen and oxygen atoms in total. The SMILES string of the molecule is O=c1ccc2ccc(NC3[C@@H](O)OC(CO)[C@H](O)[C@H]3O)cc2[nH]1. The summed E-state index contributed by atoms with van der Waals surface area (Å²) in [4.78, 5) is 14.0. The van der Waals surface area contributed by atoms with Crippen LogP contribution in [0.4, 0.5) is 5.69 Å². The van der Waals surface area contributed by atoms with Crippen LogP contribution in [0, 0.1) is 0 Å². The number of H-pyrrole nitrogens is 1. The molecule has 1 aliphatic heterocycles. The van der Waals surface area contributed by atoms with E-state index >= 15 is 0 Å². The molecule has 6 N–H and O–H groups in total. The molecule has 0 radical (unpaired) electrons. The van der Waals surface area contributed by atoms with Crippen LogP contribution >= 0.6 is 0 Å². The number of hydrogen-bond acceptors (Lipinski definition) is 7. The zero-order valence-electron chi connectivity index (χ0n) is 12.1. The van der Waals surface area contributed by atoms with Crippen LogP contribution in [-0.4, -0.2) is 62.7 Å². The molecule has 0 bridgehead atoms. The highest BCUT2D eigenvalue weighted by molar-refractivity contribution is 5.81. The van der Waals surface area contributed by atoms with Crippen LogP contribution in [0.25, 0.3) is 10.9 Å². The summed E-state index contributed by atoms with van der Waals surface area (Å²) < 4.78 is 5.08. The summed E-state index contributed by atoms with van der Waals surface area (Å²) in [6.45, 7) is -0.515. The Balaban J connectivity index is 1.84. The second-order valence-corrected chi connectivity index (χ2v) is 5.52. The molecule has 8 heteroatoms. The van der Waals surface area contributed by atoms with Gasteiger partial charge in [0, 0.05) is 11.8 Å². The van der Waals surface area contributed by atoms with E-state index < -0.39 is 37.3 Å². The molecule has 1 aromatic heterocycles. The van der Waals surface area contributed by atoms with Crippen molar-refractivity contribution in [2.24, 2.45) is 0 Å². The van der Waals surface area contributed by atoms with Crippen molar-refractivity contribution >= 4 is 16.6 Å². The maximum absolute atomic E-state index is 11.4. The van der Waals surface area contributed by atoms with E-state index in [4.69, 9.17) is 9.84 Å². The normalized spacial score (nSPS) is 31.2. The van der Waals surface area contributed by atoms with Gasteiger partial charge in [-0.15, -0.1) is 0 Å². The zero-order valence-corrected chi connectivity index (χ0v) is 12.1. The monoisotopic (exact) mass is 322 g/mol. The van der Waals surface area contributed by atoms with Gasteiger partial charge in [-0.25, -0.2) is 0 Å². The van der Waals surface area contributed by atoms with Gasteiger partial charge in [-0.2, -0.15) is 0 Å². The molecule has 5 atom stereocenters. The smallest absolute Gasteiger partial charge is 0.248 e. The van der Waals surface area contributed by atoms with Gasteiger partial charge >= 0.3 is 0 Å².